The predicted molar refractivity (Wildman–Crippen MR) is 71.1 cm³/mol. The van der Waals surface area contributed by atoms with E-state index in [2.05, 4.69) is 22.0 Å². The summed E-state index contributed by atoms with van der Waals surface area (Å²) in [4.78, 5) is 13.1. The average Bonchev–Trinajstić information content (AvgIpc) is 2.80. The summed E-state index contributed by atoms with van der Waals surface area (Å²) in [6.45, 7) is 0. The predicted octanol–water partition coefficient (Wildman–Crippen LogP) is 4.33. The van der Waals surface area contributed by atoms with Crippen molar-refractivity contribution in [3.05, 3.63) is 56.7 Å². The van der Waals surface area contributed by atoms with Crippen molar-refractivity contribution in [2.75, 3.05) is 0 Å². The molecule has 1 aromatic heterocycles. The summed E-state index contributed by atoms with van der Waals surface area (Å²) in [5, 5.41) is 2.04. The van der Waals surface area contributed by atoms with Crippen molar-refractivity contribution in [1.29, 1.82) is 0 Å². The maximum atomic E-state index is 11.8. The molecule has 0 N–H and O–H groups in total. The molecule has 1 nitrogen and oxygen atoms in total. The van der Waals surface area contributed by atoms with Gasteiger partial charge in [-0.25, -0.2) is 0 Å². The van der Waals surface area contributed by atoms with Gasteiger partial charge in [0.1, 0.15) is 0 Å². The molecule has 0 aliphatic rings. The van der Waals surface area contributed by atoms with Gasteiger partial charge in [-0.1, -0.05) is 34.1 Å². The standard InChI is InChI=1S/C13H11BrOS/c14-11-5-3-10(4-6-11)13(15)8-7-12-2-1-9-16-12/h1-6,9H,7-8H2. The van der Waals surface area contributed by atoms with Crippen LogP contribution in [0.1, 0.15) is 21.7 Å². The Hall–Kier alpha value is -0.930. The maximum Gasteiger partial charge on any atom is 0.163 e. The fourth-order valence-electron chi connectivity index (χ4n) is 1.47. The molecule has 0 radical (unpaired) electrons. The highest BCUT2D eigenvalue weighted by molar-refractivity contribution is 9.10. The van der Waals surface area contributed by atoms with Crippen molar-refractivity contribution in [3.8, 4) is 0 Å². The van der Waals surface area contributed by atoms with Crippen LogP contribution >= 0.6 is 27.3 Å². The molecule has 0 saturated heterocycles. The number of rotatable bonds is 4. The third kappa shape index (κ3) is 3.03. The van der Waals surface area contributed by atoms with Crippen LogP contribution in [0.3, 0.4) is 0 Å². The number of hydrogen-bond donors (Lipinski definition) is 0. The summed E-state index contributed by atoms with van der Waals surface area (Å²) in [5.74, 6) is 0.209. The van der Waals surface area contributed by atoms with Crippen LogP contribution in [0.4, 0.5) is 0 Å². The van der Waals surface area contributed by atoms with Crippen molar-refractivity contribution in [2.45, 2.75) is 12.8 Å². The van der Waals surface area contributed by atoms with Crippen molar-refractivity contribution >= 4 is 33.0 Å². The molecule has 16 heavy (non-hydrogen) atoms. The van der Waals surface area contributed by atoms with Gasteiger partial charge in [0.2, 0.25) is 0 Å². The van der Waals surface area contributed by atoms with Crippen LogP contribution in [0.15, 0.2) is 46.3 Å². The largest absolute Gasteiger partial charge is 0.294 e. The van der Waals surface area contributed by atoms with Gasteiger partial charge in [-0.3, -0.25) is 4.79 Å². The van der Waals surface area contributed by atoms with E-state index in [1.165, 1.54) is 4.88 Å². The summed E-state index contributed by atoms with van der Waals surface area (Å²) in [5.41, 5.74) is 0.791. The zero-order chi connectivity index (χ0) is 11.4. The van der Waals surface area contributed by atoms with Gasteiger partial charge < -0.3 is 0 Å². The lowest BCUT2D eigenvalue weighted by Gasteiger charge is -2.00. The second-order valence-corrected chi connectivity index (χ2v) is 5.46. The minimum Gasteiger partial charge on any atom is -0.294 e. The van der Waals surface area contributed by atoms with Crippen LogP contribution in [0.2, 0.25) is 0 Å². The van der Waals surface area contributed by atoms with Gasteiger partial charge in [-0.2, -0.15) is 0 Å². The molecule has 0 fully saturated rings. The molecule has 1 aromatic carbocycles. The number of hydrogen-bond acceptors (Lipinski definition) is 2. The van der Waals surface area contributed by atoms with E-state index < -0.39 is 0 Å². The highest BCUT2D eigenvalue weighted by Gasteiger charge is 2.06. The Morgan fingerprint density at radius 3 is 2.56 bits per heavy atom. The molecule has 1 heterocycles. The topological polar surface area (TPSA) is 17.1 Å². The number of benzene rings is 1. The van der Waals surface area contributed by atoms with Crippen LogP contribution in [0.25, 0.3) is 0 Å². The summed E-state index contributed by atoms with van der Waals surface area (Å²) >= 11 is 5.06. The highest BCUT2D eigenvalue weighted by atomic mass is 79.9. The van der Waals surface area contributed by atoms with Crippen LogP contribution in [-0.2, 0) is 6.42 Å². The van der Waals surface area contributed by atoms with E-state index >= 15 is 0 Å². The van der Waals surface area contributed by atoms with E-state index in [9.17, 15) is 4.79 Å². The maximum absolute atomic E-state index is 11.8. The number of carbonyl (C=O) groups excluding carboxylic acids is 1. The van der Waals surface area contributed by atoms with Gasteiger partial charge in [-0.05, 0) is 30.0 Å². The van der Waals surface area contributed by atoms with E-state index in [-0.39, 0.29) is 5.78 Å². The molecule has 2 rings (SSSR count). The smallest absolute Gasteiger partial charge is 0.163 e. The molecule has 0 aliphatic heterocycles. The molecule has 0 unspecified atom stereocenters. The Morgan fingerprint density at radius 2 is 1.94 bits per heavy atom. The fourth-order valence-corrected chi connectivity index (χ4v) is 2.44. The molecule has 0 atom stereocenters. The normalized spacial score (nSPS) is 10.3. The van der Waals surface area contributed by atoms with Gasteiger partial charge in [-0.15, -0.1) is 11.3 Å². The first-order valence-corrected chi connectivity index (χ1v) is 6.74. The van der Waals surface area contributed by atoms with Crippen molar-refractivity contribution < 1.29 is 4.79 Å². The van der Waals surface area contributed by atoms with Gasteiger partial charge in [0.05, 0.1) is 0 Å². The number of Topliss-reactive ketones (excluding diaryl/α,β-unsaturated/α-hetero) is 1. The quantitative estimate of drug-likeness (QED) is 0.767. The van der Waals surface area contributed by atoms with Crippen molar-refractivity contribution in [1.82, 2.24) is 0 Å². The Labute approximate surface area is 107 Å². The minimum atomic E-state index is 0.209. The molecule has 2 aromatic rings. The number of thiophene rings is 1. The molecule has 82 valence electrons. The SMILES string of the molecule is O=C(CCc1cccs1)c1ccc(Br)cc1. The fraction of sp³-hybridized carbons (Fsp3) is 0.154. The molecule has 0 amide bonds. The van der Waals surface area contributed by atoms with Gasteiger partial charge in [0, 0.05) is 21.3 Å². The van der Waals surface area contributed by atoms with E-state index in [0.29, 0.717) is 6.42 Å². The second kappa shape index (κ2) is 5.41. The Kier molecular flexibility index (Phi) is 3.91. The van der Waals surface area contributed by atoms with E-state index in [4.69, 9.17) is 0 Å². The van der Waals surface area contributed by atoms with Crippen molar-refractivity contribution in [2.24, 2.45) is 0 Å². The average molecular weight is 295 g/mol. The third-order valence-corrected chi connectivity index (χ3v) is 3.81. The Morgan fingerprint density at radius 1 is 1.19 bits per heavy atom. The lowest BCUT2D eigenvalue weighted by molar-refractivity contribution is 0.0983. The molecule has 3 heteroatoms. The lowest BCUT2D eigenvalue weighted by Crippen LogP contribution is -1.99. The summed E-state index contributed by atoms with van der Waals surface area (Å²) in [6.07, 6.45) is 1.43. The zero-order valence-corrected chi connectivity index (χ0v) is 11.1. The second-order valence-electron chi connectivity index (χ2n) is 3.51. The third-order valence-electron chi connectivity index (χ3n) is 2.34. The molecular formula is C13H11BrOS. The Balaban J connectivity index is 1.95. The molecule has 0 spiro atoms. The van der Waals surface area contributed by atoms with Crippen LogP contribution < -0.4 is 0 Å². The lowest BCUT2D eigenvalue weighted by atomic mass is 10.1. The van der Waals surface area contributed by atoms with Crippen molar-refractivity contribution in [3.63, 3.8) is 0 Å². The van der Waals surface area contributed by atoms with E-state index in [1.54, 1.807) is 11.3 Å². The number of halogens is 1. The minimum absolute atomic E-state index is 0.209. The van der Waals surface area contributed by atoms with Crippen LogP contribution in [-0.4, -0.2) is 5.78 Å². The van der Waals surface area contributed by atoms with E-state index in [0.717, 1.165) is 16.5 Å². The van der Waals surface area contributed by atoms with Gasteiger partial charge in [0.15, 0.2) is 5.78 Å². The first kappa shape index (κ1) is 11.6. The summed E-state index contributed by atoms with van der Waals surface area (Å²) < 4.78 is 1.00. The van der Waals surface area contributed by atoms with Crippen LogP contribution in [0.5, 0.6) is 0 Å². The first-order valence-electron chi connectivity index (χ1n) is 5.07. The number of ketones is 1. The van der Waals surface area contributed by atoms with Gasteiger partial charge in [0.25, 0.3) is 0 Å². The molecule has 0 saturated carbocycles. The number of carbonyl (C=O) groups is 1. The van der Waals surface area contributed by atoms with Crippen LogP contribution in [0, 0.1) is 0 Å². The van der Waals surface area contributed by atoms with E-state index in [1.807, 2.05) is 35.7 Å². The number of aryl methyl sites for hydroxylation is 1. The first-order chi connectivity index (χ1) is 7.75. The van der Waals surface area contributed by atoms with Gasteiger partial charge >= 0.3 is 0 Å². The molecule has 0 bridgehead atoms. The summed E-state index contributed by atoms with van der Waals surface area (Å²) in [7, 11) is 0. The Bertz CT molecular complexity index is 459. The molecule has 0 aliphatic carbocycles. The summed E-state index contributed by atoms with van der Waals surface area (Å²) in [6, 6.07) is 11.6. The monoisotopic (exact) mass is 294 g/mol. The zero-order valence-electron chi connectivity index (χ0n) is 8.65. The molecular weight excluding hydrogens is 284 g/mol. The highest BCUT2D eigenvalue weighted by Crippen LogP contribution is 2.15.